The lowest BCUT2D eigenvalue weighted by Gasteiger charge is -2.18. The molecule has 0 aliphatic heterocycles. The monoisotopic (exact) mass is 447 g/mol. The zero-order valence-electron chi connectivity index (χ0n) is 15.9. The Hall–Kier alpha value is -2.36. The Bertz CT molecular complexity index is 655. The van der Waals surface area contributed by atoms with Gasteiger partial charge in [0.1, 0.15) is 6.04 Å². The van der Waals surface area contributed by atoms with Crippen molar-refractivity contribution in [1.82, 2.24) is 10.6 Å². The van der Waals surface area contributed by atoms with Crippen molar-refractivity contribution in [3.63, 3.8) is 0 Å². The van der Waals surface area contributed by atoms with Gasteiger partial charge in [0.15, 0.2) is 11.7 Å². The molecule has 0 spiro atoms. The minimum atomic E-state index is -1.12. The van der Waals surface area contributed by atoms with E-state index in [0.29, 0.717) is 19.4 Å². The molecule has 0 fully saturated rings. The first-order valence-corrected chi connectivity index (χ1v) is 9.82. The number of nitrogens with one attached hydrogen (secondary N) is 3. The molecule has 0 unspecified atom stereocenters. The summed E-state index contributed by atoms with van der Waals surface area (Å²) in [4.78, 5) is 33.2. The average Bonchev–Trinajstić information content (AvgIpc) is 2.70. The maximum absolute atomic E-state index is 12.0. The molecule has 1 rings (SSSR count). The number of benzene rings is 1. The predicted octanol–water partition coefficient (Wildman–Crippen LogP) is 0.422. The number of amides is 1. The van der Waals surface area contributed by atoms with E-state index in [4.69, 9.17) is 45.2 Å². The van der Waals surface area contributed by atoms with Crippen LogP contribution in [0.5, 0.6) is 0 Å². The number of alkyl halides is 2. The Labute approximate surface area is 179 Å². The van der Waals surface area contributed by atoms with Gasteiger partial charge in [-0.25, -0.2) is 4.79 Å². The van der Waals surface area contributed by atoms with Crippen LogP contribution >= 0.6 is 23.2 Å². The first-order chi connectivity index (χ1) is 13.7. The number of aliphatic carboxylic acids is 1. The number of Topliss-reactive ketones (excluding diaryl/α,β-unsaturated/α-hetero) is 1. The van der Waals surface area contributed by atoms with E-state index in [1.165, 1.54) is 0 Å². The molecule has 162 valence electrons. The zero-order valence-corrected chi connectivity index (χ0v) is 17.4. The van der Waals surface area contributed by atoms with Gasteiger partial charge >= 0.3 is 5.97 Å². The molecule has 0 aromatic heterocycles. The van der Waals surface area contributed by atoms with Crippen LogP contribution in [0.4, 0.5) is 0 Å². The van der Waals surface area contributed by atoms with E-state index in [2.05, 4.69) is 10.6 Å². The topological polar surface area (TPSA) is 171 Å². The van der Waals surface area contributed by atoms with E-state index in [1.807, 2.05) is 30.3 Å². The molecule has 8 N–H and O–H groups in total. The van der Waals surface area contributed by atoms with Crippen molar-refractivity contribution in [3.05, 3.63) is 35.9 Å². The fraction of sp³-hybridized carbons (Fsp3) is 0.444. The van der Waals surface area contributed by atoms with E-state index < -0.39 is 24.0 Å². The number of rotatable bonds is 11. The SMILES string of the molecule is N=C(N)NCCC[C@H](NC(=O)[C@H](N)Cc1ccccc1)C(=O)O.O=C(CCl)CCl. The number of nitrogens with two attached hydrogens (primary N) is 2. The van der Waals surface area contributed by atoms with E-state index in [1.54, 1.807) is 0 Å². The summed E-state index contributed by atoms with van der Waals surface area (Å²) >= 11 is 10.0. The van der Waals surface area contributed by atoms with Crippen molar-refractivity contribution >= 4 is 46.8 Å². The van der Waals surface area contributed by atoms with Crippen LogP contribution in [0.3, 0.4) is 0 Å². The quantitative estimate of drug-likeness (QED) is 0.123. The van der Waals surface area contributed by atoms with Crippen LogP contribution in [0, 0.1) is 5.41 Å². The molecule has 0 bridgehead atoms. The molecule has 2 atom stereocenters. The van der Waals surface area contributed by atoms with Gasteiger partial charge in [-0.3, -0.25) is 15.0 Å². The Morgan fingerprint density at radius 1 is 1.14 bits per heavy atom. The van der Waals surface area contributed by atoms with Gasteiger partial charge in [-0.1, -0.05) is 30.3 Å². The molecular weight excluding hydrogens is 421 g/mol. The minimum absolute atomic E-state index is 0.0312. The first-order valence-electron chi connectivity index (χ1n) is 8.75. The molecule has 1 amide bonds. The average molecular weight is 448 g/mol. The standard InChI is InChI=1S/C15H23N5O3.C3H4Cl2O/c16-11(9-10-5-2-1-3-6-10)13(21)20-12(14(22)23)7-4-8-19-15(17)18;4-1-3(6)2-5/h1-3,5-6,11-12H,4,7-9,16H2,(H,20,21)(H,22,23)(H4,17,18,19);1-2H2/t11-,12+;/m1./s1. The molecule has 29 heavy (non-hydrogen) atoms. The Balaban J connectivity index is 0.00000113. The summed E-state index contributed by atoms with van der Waals surface area (Å²) in [5.41, 5.74) is 11.9. The second kappa shape index (κ2) is 15.5. The third kappa shape index (κ3) is 13.4. The minimum Gasteiger partial charge on any atom is -0.480 e. The lowest BCUT2D eigenvalue weighted by Crippen LogP contribution is -2.49. The maximum Gasteiger partial charge on any atom is 0.326 e. The van der Waals surface area contributed by atoms with Crippen molar-refractivity contribution in [2.75, 3.05) is 18.3 Å². The number of carboxylic acid groups (broad SMARTS) is 1. The Kier molecular flexibility index (Phi) is 14.3. The van der Waals surface area contributed by atoms with Crippen LogP contribution in [0.25, 0.3) is 0 Å². The highest BCUT2D eigenvalue weighted by molar-refractivity contribution is 6.35. The summed E-state index contributed by atoms with van der Waals surface area (Å²) in [6.07, 6.45) is 1.01. The van der Waals surface area contributed by atoms with Crippen molar-refractivity contribution < 1.29 is 19.5 Å². The van der Waals surface area contributed by atoms with Crippen molar-refractivity contribution in [2.24, 2.45) is 11.5 Å². The zero-order chi connectivity index (χ0) is 22.2. The maximum atomic E-state index is 12.0. The molecular formula is C18H27Cl2N5O4. The van der Waals surface area contributed by atoms with Crippen molar-refractivity contribution in [1.29, 1.82) is 5.41 Å². The van der Waals surface area contributed by atoms with E-state index in [0.717, 1.165) is 5.56 Å². The number of carbonyl (C=O) groups is 3. The van der Waals surface area contributed by atoms with Gasteiger partial charge in [-0.15, -0.1) is 23.2 Å². The van der Waals surface area contributed by atoms with Crippen LogP contribution in [-0.2, 0) is 20.8 Å². The molecule has 9 nitrogen and oxygen atoms in total. The van der Waals surface area contributed by atoms with Crippen LogP contribution in [-0.4, -0.2) is 59.1 Å². The molecule has 0 aliphatic carbocycles. The Morgan fingerprint density at radius 3 is 2.17 bits per heavy atom. The van der Waals surface area contributed by atoms with Gasteiger partial charge in [0.25, 0.3) is 0 Å². The summed E-state index contributed by atoms with van der Waals surface area (Å²) in [6.45, 7) is 0.366. The Morgan fingerprint density at radius 2 is 1.72 bits per heavy atom. The molecule has 0 radical (unpaired) electrons. The van der Waals surface area contributed by atoms with Crippen LogP contribution in [0.1, 0.15) is 18.4 Å². The second-order valence-corrected chi connectivity index (χ2v) is 6.52. The molecule has 1 aromatic rings. The summed E-state index contributed by atoms with van der Waals surface area (Å²) in [5.74, 6) is -1.86. The summed E-state index contributed by atoms with van der Waals surface area (Å²) in [7, 11) is 0. The first kappa shape index (κ1) is 26.6. The number of hydrogen-bond donors (Lipinski definition) is 6. The lowest BCUT2D eigenvalue weighted by atomic mass is 10.1. The van der Waals surface area contributed by atoms with Crippen LogP contribution in [0.15, 0.2) is 30.3 Å². The van der Waals surface area contributed by atoms with E-state index in [-0.39, 0.29) is 29.9 Å². The largest absolute Gasteiger partial charge is 0.480 e. The fourth-order valence-electron chi connectivity index (χ4n) is 2.06. The fourth-order valence-corrected chi connectivity index (χ4v) is 2.35. The molecule has 0 saturated carbocycles. The summed E-state index contributed by atoms with van der Waals surface area (Å²) in [5, 5.41) is 21.2. The third-order valence-electron chi connectivity index (χ3n) is 3.53. The molecule has 0 heterocycles. The number of hydrogen-bond acceptors (Lipinski definition) is 5. The van der Waals surface area contributed by atoms with Crippen molar-refractivity contribution in [2.45, 2.75) is 31.3 Å². The smallest absolute Gasteiger partial charge is 0.326 e. The highest BCUT2D eigenvalue weighted by Crippen LogP contribution is 2.03. The summed E-state index contributed by atoms with van der Waals surface area (Å²) in [6, 6.07) is 7.45. The van der Waals surface area contributed by atoms with Gasteiger partial charge in [-0.2, -0.15) is 0 Å². The molecule has 0 saturated heterocycles. The highest BCUT2D eigenvalue weighted by atomic mass is 35.5. The van der Waals surface area contributed by atoms with Gasteiger partial charge < -0.3 is 27.2 Å². The number of ketones is 1. The number of carbonyl (C=O) groups excluding carboxylic acids is 2. The van der Waals surface area contributed by atoms with E-state index >= 15 is 0 Å². The van der Waals surface area contributed by atoms with Crippen molar-refractivity contribution in [3.8, 4) is 0 Å². The normalized spacial score (nSPS) is 12.0. The number of guanidine groups is 1. The van der Waals surface area contributed by atoms with Gasteiger partial charge in [-0.05, 0) is 24.8 Å². The lowest BCUT2D eigenvalue weighted by molar-refractivity contribution is -0.142. The number of carboxylic acids is 1. The van der Waals surface area contributed by atoms with Gasteiger partial charge in [0, 0.05) is 6.54 Å². The van der Waals surface area contributed by atoms with Gasteiger partial charge in [0.05, 0.1) is 17.8 Å². The van der Waals surface area contributed by atoms with Crippen LogP contribution < -0.4 is 22.1 Å². The second-order valence-electron chi connectivity index (χ2n) is 5.98. The van der Waals surface area contributed by atoms with Gasteiger partial charge in [0.2, 0.25) is 5.91 Å². The third-order valence-corrected chi connectivity index (χ3v) is 4.13. The molecule has 0 aliphatic rings. The predicted molar refractivity (Wildman–Crippen MR) is 113 cm³/mol. The number of halogens is 2. The van der Waals surface area contributed by atoms with Crippen LogP contribution in [0.2, 0.25) is 0 Å². The van der Waals surface area contributed by atoms with E-state index in [9.17, 15) is 14.4 Å². The highest BCUT2D eigenvalue weighted by Gasteiger charge is 2.23. The molecule has 1 aromatic carbocycles. The summed E-state index contributed by atoms with van der Waals surface area (Å²) < 4.78 is 0. The molecule has 11 heteroatoms.